The summed E-state index contributed by atoms with van der Waals surface area (Å²) in [7, 11) is 4.68. The second-order valence-corrected chi connectivity index (χ2v) is 8.88. The van der Waals surface area contributed by atoms with Crippen molar-refractivity contribution in [3.63, 3.8) is 0 Å². The quantitative estimate of drug-likeness (QED) is 0.519. The zero-order valence-electron chi connectivity index (χ0n) is 19.2. The number of carbonyl (C=O) groups excluding carboxylic acids is 2. The van der Waals surface area contributed by atoms with Gasteiger partial charge in [0.25, 0.3) is 0 Å². The molecular weight excluding hydrogens is 452 g/mol. The number of ether oxygens (including phenoxy) is 3. The zero-order valence-corrected chi connectivity index (χ0v) is 20.1. The summed E-state index contributed by atoms with van der Waals surface area (Å²) in [5.74, 6) is 1.16. The van der Waals surface area contributed by atoms with E-state index in [1.165, 1.54) is 0 Å². The Labute approximate surface area is 203 Å². The third kappa shape index (κ3) is 4.97. The highest BCUT2D eigenvalue weighted by molar-refractivity contribution is 7.99. The molecular formula is C26H26N2O5S. The van der Waals surface area contributed by atoms with Gasteiger partial charge in [0.15, 0.2) is 11.5 Å². The van der Waals surface area contributed by atoms with Gasteiger partial charge in [-0.3, -0.25) is 9.59 Å². The highest BCUT2D eigenvalue weighted by Gasteiger charge is 2.31. The number of para-hydroxylation sites is 2. The van der Waals surface area contributed by atoms with Crippen molar-refractivity contribution in [2.24, 2.45) is 0 Å². The third-order valence-electron chi connectivity index (χ3n) is 5.50. The smallest absolute Gasteiger partial charge is 0.244 e. The van der Waals surface area contributed by atoms with E-state index in [4.69, 9.17) is 14.2 Å². The third-order valence-corrected chi connectivity index (χ3v) is 6.83. The maximum atomic E-state index is 13.4. The number of nitrogens with one attached hydrogen (secondary N) is 1. The molecule has 1 N–H and O–H groups in total. The average Bonchev–Trinajstić information content (AvgIpc) is 3.00. The molecule has 3 aromatic carbocycles. The SMILES string of the molecule is COc1cc(C2CC(=O)N(CC(=O)Nc3ccccc3)c3ccccc3S2)cc(OC)c1OC. The number of hydrogen-bond acceptors (Lipinski definition) is 6. The van der Waals surface area contributed by atoms with Crippen LogP contribution in [-0.2, 0) is 9.59 Å². The first-order valence-electron chi connectivity index (χ1n) is 10.7. The molecule has 0 aromatic heterocycles. The first-order valence-corrected chi connectivity index (χ1v) is 11.6. The molecule has 8 heteroatoms. The molecule has 34 heavy (non-hydrogen) atoms. The van der Waals surface area contributed by atoms with Crippen molar-refractivity contribution in [3.8, 4) is 17.2 Å². The van der Waals surface area contributed by atoms with E-state index in [-0.39, 0.29) is 30.0 Å². The van der Waals surface area contributed by atoms with Gasteiger partial charge in [0.05, 0.1) is 27.0 Å². The Balaban J connectivity index is 1.64. The summed E-state index contributed by atoms with van der Waals surface area (Å²) in [6, 6.07) is 20.6. The van der Waals surface area contributed by atoms with Crippen LogP contribution in [0.1, 0.15) is 17.2 Å². The van der Waals surface area contributed by atoms with Crippen LogP contribution in [0, 0.1) is 0 Å². The minimum absolute atomic E-state index is 0.0761. The van der Waals surface area contributed by atoms with E-state index >= 15 is 0 Å². The highest BCUT2D eigenvalue weighted by atomic mass is 32.2. The van der Waals surface area contributed by atoms with E-state index in [9.17, 15) is 9.59 Å². The van der Waals surface area contributed by atoms with Crippen LogP contribution < -0.4 is 24.4 Å². The lowest BCUT2D eigenvalue weighted by Gasteiger charge is -2.22. The van der Waals surface area contributed by atoms with Crippen LogP contribution in [0.2, 0.25) is 0 Å². The van der Waals surface area contributed by atoms with Gasteiger partial charge < -0.3 is 24.4 Å². The van der Waals surface area contributed by atoms with Crippen molar-refractivity contribution in [3.05, 3.63) is 72.3 Å². The van der Waals surface area contributed by atoms with Gasteiger partial charge in [0.1, 0.15) is 6.54 Å². The Bertz CT molecular complexity index is 1160. The molecule has 1 unspecified atom stereocenters. The fraction of sp³-hybridized carbons (Fsp3) is 0.231. The summed E-state index contributed by atoms with van der Waals surface area (Å²) < 4.78 is 16.4. The molecule has 7 nitrogen and oxygen atoms in total. The van der Waals surface area contributed by atoms with Gasteiger partial charge in [0.2, 0.25) is 17.6 Å². The second kappa shape index (κ2) is 10.5. The fourth-order valence-electron chi connectivity index (χ4n) is 3.89. The molecule has 0 saturated heterocycles. The predicted molar refractivity (Wildman–Crippen MR) is 133 cm³/mol. The molecule has 0 spiro atoms. The molecule has 1 atom stereocenters. The van der Waals surface area contributed by atoms with Crippen LogP contribution in [0.3, 0.4) is 0 Å². The lowest BCUT2D eigenvalue weighted by molar-refractivity contribution is -0.121. The monoisotopic (exact) mass is 478 g/mol. The largest absolute Gasteiger partial charge is 0.493 e. The minimum Gasteiger partial charge on any atom is -0.493 e. The summed E-state index contributed by atoms with van der Waals surface area (Å²) >= 11 is 1.58. The summed E-state index contributed by atoms with van der Waals surface area (Å²) in [5.41, 5.74) is 2.28. The Hall–Kier alpha value is -3.65. The number of amides is 2. The molecule has 0 radical (unpaired) electrons. The molecule has 176 valence electrons. The Morgan fingerprint density at radius 1 is 0.971 bits per heavy atom. The molecule has 3 aromatic rings. The number of methoxy groups -OCH3 is 3. The molecule has 0 fully saturated rings. The normalized spacial score (nSPS) is 15.2. The van der Waals surface area contributed by atoms with E-state index < -0.39 is 0 Å². The van der Waals surface area contributed by atoms with Crippen LogP contribution >= 0.6 is 11.8 Å². The van der Waals surface area contributed by atoms with E-state index in [0.717, 1.165) is 16.1 Å². The molecule has 0 saturated carbocycles. The maximum absolute atomic E-state index is 13.4. The number of fused-ring (bicyclic) bond motifs is 1. The first-order chi connectivity index (χ1) is 16.5. The molecule has 1 aliphatic heterocycles. The van der Waals surface area contributed by atoms with Gasteiger partial charge in [-0.05, 0) is 42.0 Å². The Kier molecular flexibility index (Phi) is 7.27. The van der Waals surface area contributed by atoms with Gasteiger partial charge in [-0.1, -0.05) is 30.3 Å². The van der Waals surface area contributed by atoms with Gasteiger partial charge in [0, 0.05) is 22.3 Å². The topological polar surface area (TPSA) is 77.1 Å². The zero-order chi connectivity index (χ0) is 24.1. The standard InChI is InChI=1S/C26H26N2O5S/c1-31-20-13-17(14-21(32-2)26(20)33-3)23-15-25(30)28(19-11-7-8-12-22(19)34-23)16-24(29)27-18-9-5-4-6-10-18/h4-14,23H,15-16H2,1-3H3,(H,27,29). The van der Waals surface area contributed by atoms with Crippen molar-refractivity contribution >= 4 is 35.0 Å². The average molecular weight is 479 g/mol. The molecule has 2 amide bonds. The molecule has 0 bridgehead atoms. The number of nitrogens with zero attached hydrogens (tertiary/aromatic N) is 1. The Morgan fingerprint density at radius 2 is 1.62 bits per heavy atom. The summed E-state index contributed by atoms with van der Waals surface area (Å²) in [5, 5.41) is 2.66. The summed E-state index contributed by atoms with van der Waals surface area (Å²) in [6.45, 7) is -0.0761. The predicted octanol–water partition coefficient (Wildman–Crippen LogP) is 4.92. The van der Waals surface area contributed by atoms with Gasteiger partial charge >= 0.3 is 0 Å². The Morgan fingerprint density at radius 3 is 2.26 bits per heavy atom. The van der Waals surface area contributed by atoms with Crippen molar-refractivity contribution in [2.45, 2.75) is 16.6 Å². The van der Waals surface area contributed by atoms with E-state index in [0.29, 0.717) is 22.9 Å². The van der Waals surface area contributed by atoms with E-state index in [1.54, 1.807) is 38.0 Å². The van der Waals surface area contributed by atoms with Crippen LogP contribution in [0.25, 0.3) is 0 Å². The number of rotatable bonds is 7. The van der Waals surface area contributed by atoms with Gasteiger partial charge in [-0.15, -0.1) is 11.8 Å². The molecule has 1 aliphatic rings. The summed E-state index contributed by atoms with van der Waals surface area (Å²) in [4.78, 5) is 28.7. The minimum atomic E-state index is -0.259. The summed E-state index contributed by atoms with van der Waals surface area (Å²) in [6.07, 6.45) is 0.205. The van der Waals surface area contributed by atoms with Crippen molar-refractivity contribution in [1.29, 1.82) is 0 Å². The van der Waals surface area contributed by atoms with E-state index in [1.807, 2.05) is 66.7 Å². The number of hydrogen-bond donors (Lipinski definition) is 1. The van der Waals surface area contributed by atoms with Crippen LogP contribution in [0.15, 0.2) is 71.6 Å². The van der Waals surface area contributed by atoms with Gasteiger partial charge in [-0.25, -0.2) is 0 Å². The van der Waals surface area contributed by atoms with Crippen LogP contribution in [0.4, 0.5) is 11.4 Å². The lowest BCUT2D eigenvalue weighted by atomic mass is 10.1. The number of benzene rings is 3. The van der Waals surface area contributed by atoms with Crippen LogP contribution in [0.5, 0.6) is 17.2 Å². The van der Waals surface area contributed by atoms with Crippen molar-refractivity contribution in [1.82, 2.24) is 0 Å². The highest BCUT2D eigenvalue weighted by Crippen LogP contribution is 2.49. The van der Waals surface area contributed by atoms with Gasteiger partial charge in [-0.2, -0.15) is 0 Å². The second-order valence-electron chi connectivity index (χ2n) is 7.63. The number of anilines is 2. The molecule has 0 aliphatic carbocycles. The van der Waals surface area contributed by atoms with Crippen LogP contribution in [-0.4, -0.2) is 39.7 Å². The maximum Gasteiger partial charge on any atom is 0.244 e. The lowest BCUT2D eigenvalue weighted by Crippen LogP contribution is -2.38. The first kappa shape index (κ1) is 23.5. The van der Waals surface area contributed by atoms with Crippen molar-refractivity contribution in [2.75, 3.05) is 38.1 Å². The number of carbonyl (C=O) groups is 2. The van der Waals surface area contributed by atoms with E-state index in [2.05, 4.69) is 5.32 Å². The molecule has 1 heterocycles. The van der Waals surface area contributed by atoms with Crippen molar-refractivity contribution < 1.29 is 23.8 Å². The molecule has 4 rings (SSSR count). The fourth-order valence-corrected chi connectivity index (χ4v) is 5.15. The number of thioether (sulfide) groups is 1.